The van der Waals surface area contributed by atoms with Crippen molar-refractivity contribution in [2.75, 3.05) is 18.8 Å². The molecule has 5 nitrogen and oxygen atoms in total. The summed E-state index contributed by atoms with van der Waals surface area (Å²) in [6.07, 6.45) is 0. The van der Waals surface area contributed by atoms with E-state index in [4.69, 9.17) is 9.47 Å². The number of anilines is 1. The van der Waals surface area contributed by atoms with Crippen molar-refractivity contribution in [3.63, 3.8) is 0 Å². The topological polar surface area (TPSA) is 55.8 Å². The van der Waals surface area contributed by atoms with E-state index in [2.05, 4.69) is 0 Å². The van der Waals surface area contributed by atoms with E-state index in [0.717, 1.165) is 5.56 Å². The van der Waals surface area contributed by atoms with Crippen LogP contribution in [0.1, 0.15) is 85.9 Å². The second-order valence-electron chi connectivity index (χ2n) is 9.78. The molecule has 2 aromatic rings. The molecular weight excluding hydrogens is 409 g/mol. The number of amides is 1. The van der Waals surface area contributed by atoms with Gasteiger partial charge in [-0.15, -0.1) is 5.12 Å². The quantitative estimate of drug-likeness (QED) is 0.398. The largest absolute Gasteiger partial charge is 0.462 e. The van der Waals surface area contributed by atoms with Gasteiger partial charge in [-0.1, -0.05) is 70.3 Å². The first-order chi connectivity index (χ1) is 14.8. The van der Waals surface area contributed by atoms with Gasteiger partial charge < -0.3 is 9.47 Å². The number of halogens is 1. The number of nitrogens with zero attached hydrogens (tertiary/aromatic N) is 1. The first kappa shape index (κ1) is 25.5. The minimum Gasteiger partial charge on any atom is -0.462 e. The van der Waals surface area contributed by atoms with Gasteiger partial charge >= 0.3 is 5.97 Å². The van der Waals surface area contributed by atoms with Crippen molar-refractivity contribution in [1.82, 2.24) is 0 Å². The Morgan fingerprint density at radius 1 is 0.938 bits per heavy atom. The van der Waals surface area contributed by atoms with E-state index in [1.165, 1.54) is 12.1 Å². The molecule has 1 amide bonds. The number of ether oxygens (including phenoxy) is 2. The number of hydrogen-bond donors (Lipinski definition) is 0. The molecule has 32 heavy (non-hydrogen) atoms. The Labute approximate surface area is 190 Å². The van der Waals surface area contributed by atoms with Crippen LogP contribution in [0.4, 0.5) is 10.2 Å². The summed E-state index contributed by atoms with van der Waals surface area (Å²) >= 11 is 0. The maximum atomic E-state index is 16.1. The zero-order valence-corrected chi connectivity index (χ0v) is 20.3. The molecule has 0 bridgehead atoms. The van der Waals surface area contributed by atoms with Crippen molar-refractivity contribution in [2.45, 2.75) is 65.9 Å². The van der Waals surface area contributed by atoms with Crippen molar-refractivity contribution in [1.29, 1.82) is 0 Å². The Morgan fingerprint density at radius 3 is 2.03 bits per heavy atom. The minimum atomic E-state index is -0.917. The predicted octanol–water partition coefficient (Wildman–Crippen LogP) is 6.14. The lowest BCUT2D eigenvalue weighted by atomic mass is 9.76. The Bertz CT molecular complexity index is 986. The van der Waals surface area contributed by atoms with E-state index in [9.17, 15) is 9.59 Å². The maximum absolute atomic E-state index is 16.1. The smallest absolute Gasteiger partial charge is 0.338 e. The highest BCUT2D eigenvalue weighted by atomic mass is 19.2. The number of methoxy groups -OCH3 is 1. The fourth-order valence-electron chi connectivity index (χ4n) is 3.82. The molecule has 0 aliphatic rings. The Balaban J connectivity index is 2.78. The van der Waals surface area contributed by atoms with Crippen LogP contribution < -0.4 is 5.12 Å². The highest BCUT2D eigenvalue weighted by molar-refractivity contribution is 6.11. The molecule has 6 heteroatoms. The summed E-state index contributed by atoms with van der Waals surface area (Å²) in [4.78, 5) is 25.8. The molecule has 0 atom stereocenters. The van der Waals surface area contributed by atoms with Crippen molar-refractivity contribution >= 4 is 17.6 Å². The molecule has 0 heterocycles. The number of rotatable bonds is 6. The van der Waals surface area contributed by atoms with Gasteiger partial charge in [0.15, 0.2) is 0 Å². The second kappa shape index (κ2) is 9.82. The van der Waals surface area contributed by atoms with Gasteiger partial charge in [-0.25, -0.2) is 4.79 Å². The average Bonchev–Trinajstić information content (AvgIpc) is 2.71. The van der Waals surface area contributed by atoms with Gasteiger partial charge in [0.1, 0.15) is 0 Å². The third-order valence-electron chi connectivity index (χ3n) is 5.15. The maximum Gasteiger partial charge on any atom is 0.338 e. The first-order valence-electron chi connectivity index (χ1n) is 10.8. The zero-order valence-electron chi connectivity index (χ0n) is 20.3. The number of carbonyl (C=O) groups excluding carboxylic acids is 2. The van der Waals surface area contributed by atoms with Crippen LogP contribution in [0.2, 0.25) is 0 Å². The van der Waals surface area contributed by atoms with Gasteiger partial charge in [-0.3, -0.25) is 4.79 Å². The van der Waals surface area contributed by atoms with Crippen LogP contribution in [0.25, 0.3) is 0 Å². The van der Waals surface area contributed by atoms with E-state index in [1.54, 1.807) is 26.2 Å². The molecule has 0 spiro atoms. The minimum absolute atomic E-state index is 0.0321. The van der Waals surface area contributed by atoms with Gasteiger partial charge in [0.25, 0.3) is 5.91 Å². The van der Waals surface area contributed by atoms with Crippen molar-refractivity contribution in [2.24, 2.45) is 0 Å². The molecule has 0 fully saturated rings. The van der Waals surface area contributed by atoms with E-state index in [1.807, 2.05) is 53.7 Å². The molecule has 0 saturated heterocycles. The lowest BCUT2D eigenvalue weighted by molar-refractivity contribution is 0.0522. The molecule has 0 radical (unpaired) electrons. The van der Waals surface area contributed by atoms with E-state index < -0.39 is 22.7 Å². The summed E-state index contributed by atoms with van der Waals surface area (Å²) in [5.74, 6) is -1.58. The zero-order chi connectivity index (χ0) is 24.3. The molecule has 0 N–H and O–H groups in total. The Kier molecular flexibility index (Phi) is 7.83. The molecule has 2 aromatic carbocycles. The van der Waals surface area contributed by atoms with Gasteiger partial charge in [-0.2, -0.15) is 0 Å². The summed E-state index contributed by atoms with van der Waals surface area (Å²) in [5, 5.41) is 0.179. The standard InChI is InChI=1S/C26H34FNO4/c1-9-32-24(30)19-13-11-10-12-18(19)23(29)28(27)22-20(25(2,3)4)15-14-17(16-31-8)21(22)26(5,6)7/h10-15H,9,16H2,1-8H3. The molecule has 0 aliphatic heterocycles. The average molecular weight is 444 g/mol. The fourth-order valence-corrected chi connectivity index (χ4v) is 3.82. The van der Waals surface area contributed by atoms with Crippen LogP contribution in [0.3, 0.4) is 0 Å². The third-order valence-corrected chi connectivity index (χ3v) is 5.15. The van der Waals surface area contributed by atoms with Gasteiger partial charge in [0.05, 0.1) is 30.0 Å². The fraction of sp³-hybridized carbons (Fsp3) is 0.462. The normalized spacial score (nSPS) is 11.9. The number of esters is 1. The molecule has 0 saturated carbocycles. The van der Waals surface area contributed by atoms with Gasteiger partial charge in [0, 0.05) is 7.11 Å². The predicted molar refractivity (Wildman–Crippen MR) is 125 cm³/mol. The third kappa shape index (κ3) is 5.36. The molecular formula is C26H34FNO4. The van der Waals surface area contributed by atoms with Crippen molar-refractivity contribution in [3.05, 3.63) is 64.2 Å². The second-order valence-corrected chi connectivity index (χ2v) is 9.78. The summed E-state index contributed by atoms with van der Waals surface area (Å²) in [5.41, 5.74) is 1.44. The van der Waals surface area contributed by atoms with Crippen molar-refractivity contribution in [3.8, 4) is 0 Å². The molecule has 0 unspecified atom stereocenters. The van der Waals surface area contributed by atoms with Crippen LogP contribution >= 0.6 is 0 Å². The molecule has 174 valence electrons. The molecule has 0 aromatic heterocycles. The van der Waals surface area contributed by atoms with Crippen LogP contribution in [-0.4, -0.2) is 25.6 Å². The summed E-state index contributed by atoms with van der Waals surface area (Å²) < 4.78 is 26.6. The highest BCUT2D eigenvalue weighted by Crippen LogP contribution is 2.43. The van der Waals surface area contributed by atoms with Crippen molar-refractivity contribution < 1.29 is 23.5 Å². The Morgan fingerprint density at radius 2 is 1.53 bits per heavy atom. The number of benzene rings is 2. The lowest BCUT2D eigenvalue weighted by Gasteiger charge is -2.33. The SMILES string of the molecule is CCOC(=O)c1ccccc1C(=O)N(F)c1c(C(C)(C)C)ccc(COC)c1C(C)(C)C. The van der Waals surface area contributed by atoms with Gasteiger partial charge in [-0.05, 0) is 46.6 Å². The van der Waals surface area contributed by atoms with Gasteiger partial charge in [0.2, 0.25) is 0 Å². The first-order valence-corrected chi connectivity index (χ1v) is 10.8. The van der Waals surface area contributed by atoms with E-state index in [-0.39, 0.29) is 35.2 Å². The van der Waals surface area contributed by atoms with Crippen LogP contribution in [0, 0.1) is 0 Å². The highest BCUT2D eigenvalue weighted by Gasteiger charge is 2.35. The van der Waals surface area contributed by atoms with E-state index >= 15 is 4.48 Å². The number of hydrogen-bond acceptors (Lipinski definition) is 4. The van der Waals surface area contributed by atoms with Crippen LogP contribution in [-0.2, 0) is 26.9 Å². The molecule has 0 aliphatic carbocycles. The monoisotopic (exact) mass is 443 g/mol. The Hall–Kier alpha value is -2.73. The number of carbonyl (C=O) groups is 2. The summed E-state index contributed by atoms with van der Waals surface area (Å²) in [6.45, 7) is 14.0. The van der Waals surface area contributed by atoms with Crippen LogP contribution in [0.15, 0.2) is 36.4 Å². The van der Waals surface area contributed by atoms with E-state index in [0.29, 0.717) is 11.1 Å². The summed E-state index contributed by atoms with van der Waals surface area (Å²) in [7, 11) is 1.58. The molecule has 2 rings (SSSR count). The van der Waals surface area contributed by atoms with Crippen LogP contribution in [0.5, 0.6) is 0 Å². The lowest BCUT2D eigenvalue weighted by Crippen LogP contribution is -2.31. The summed E-state index contributed by atoms with van der Waals surface area (Å²) in [6, 6.07) is 9.89.